The van der Waals surface area contributed by atoms with Crippen LogP contribution in [-0.4, -0.2) is 25.3 Å². The molecule has 1 atom stereocenters. The van der Waals surface area contributed by atoms with E-state index in [-0.39, 0.29) is 6.10 Å². The Morgan fingerprint density at radius 1 is 0.867 bits per heavy atom. The molecule has 4 heteroatoms. The van der Waals surface area contributed by atoms with Crippen LogP contribution >= 0.6 is 0 Å². The second-order valence-electron chi connectivity index (χ2n) is 7.14. The number of carbonyl (C=O) groups is 1. The van der Waals surface area contributed by atoms with Crippen LogP contribution in [0.4, 0.5) is 10.5 Å². The van der Waals surface area contributed by atoms with Gasteiger partial charge in [0.05, 0.1) is 6.54 Å². The van der Waals surface area contributed by atoms with Crippen molar-refractivity contribution in [2.75, 3.05) is 18.0 Å². The van der Waals surface area contributed by atoms with E-state index in [0.29, 0.717) is 25.1 Å². The molecule has 4 nitrogen and oxygen atoms in total. The molecule has 0 N–H and O–H groups in total. The minimum Gasteiger partial charge on any atom is -0.429 e. The summed E-state index contributed by atoms with van der Waals surface area (Å²) in [6, 6.07) is 27.9. The van der Waals surface area contributed by atoms with E-state index in [1.165, 1.54) is 0 Å². The molecule has 0 amide bonds. The number of rotatable bonds is 9. The monoisotopic (exact) mass is 403 g/mol. The Bertz CT molecular complexity index is 912. The Kier molecular flexibility index (Phi) is 7.90. The van der Waals surface area contributed by atoms with Gasteiger partial charge in [0.25, 0.3) is 0 Å². The van der Waals surface area contributed by atoms with Crippen LogP contribution in [0.1, 0.15) is 31.4 Å². The summed E-state index contributed by atoms with van der Waals surface area (Å²) in [4.78, 5) is 14.7. The van der Waals surface area contributed by atoms with Crippen molar-refractivity contribution >= 4 is 11.8 Å². The molecule has 1 unspecified atom stereocenters. The Morgan fingerprint density at radius 2 is 1.50 bits per heavy atom. The molecular formula is C26H29NO3. The van der Waals surface area contributed by atoms with Crippen LogP contribution < -0.4 is 9.64 Å². The number of anilines is 1. The molecule has 0 aromatic heterocycles. The number of nitrogens with zero attached hydrogens (tertiary/aromatic N) is 1. The molecule has 0 heterocycles. The molecule has 3 rings (SSSR count). The van der Waals surface area contributed by atoms with Crippen LogP contribution in [0.25, 0.3) is 0 Å². The number of likely N-dealkylation sites (N-methyl/N-ethyl adjacent to an activating group) is 1. The summed E-state index contributed by atoms with van der Waals surface area (Å²) < 4.78 is 11.3. The number of hydrogen-bond donors (Lipinski definition) is 0. The second kappa shape index (κ2) is 11.1. The summed E-state index contributed by atoms with van der Waals surface area (Å²) in [5.41, 5.74) is 3.23. The van der Waals surface area contributed by atoms with Crippen molar-refractivity contribution in [2.24, 2.45) is 0 Å². The zero-order valence-electron chi connectivity index (χ0n) is 17.7. The van der Waals surface area contributed by atoms with Crippen molar-refractivity contribution in [2.45, 2.75) is 32.8 Å². The van der Waals surface area contributed by atoms with Gasteiger partial charge in [-0.2, -0.15) is 0 Å². The maximum Gasteiger partial charge on any atom is 0.514 e. The summed E-state index contributed by atoms with van der Waals surface area (Å²) in [6.07, 6.45) is 0.494. The molecule has 0 bridgehead atoms. The fraction of sp³-hybridized carbons (Fsp3) is 0.269. The molecule has 0 saturated carbocycles. The zero-order chi connectivity index (χ0) is 21.2. The number of hydrogen-bond acceptors (Lipinski definition) is 4. The fourth-order valence-corrected chi connectivity index (χ4v) is 3.37. The summed E-state index contributed by atoms with van der Waals surface area (Å²) in [7, 11) is 0. The lowest BCUT2D eigenvalue weighted by Gasteiger charge is -2.27. The number of benzene rings is 3. The maximum absolute atomic E-state index is 12.5. The molecule has 0 spiro atoms. The van der Waals surface area contributed by atoms with Crippen molar-refractivity contribution in [1.82, 2.24) is 0 Å². The summed E-state index contributed by atoms with van der Waals surface area (Å²) >= 11 is 0. The lowest BCUT2D eigenvalue weighted by Crippen LogP contribution is -2.35. The molecule has 156 valence electrons. The van der Waals surface area contributed by atoms with E-state index in [0.717, 1.165) is 23.4 Å². The molecule has 0 aliphatic rings. The molecule has 0 aliphatic carbocycles. The van der Waals surface area contributed by atoms with Gasteiger partial charge in [-0.1, -0.05) is 73.7 Å². The zero-order valence-corrected chi connectivity index (χ0v) is 17.7. The van der Waals surface area contributed by atoms with Crippen LogP contribution in [0, 0.1) is 0 Å². The van der Waals surface area contributed by atoms with Gasteiger partial charge >= 0.3 is 6.16 Å². The predicted octanol–water partition coefficient (Wildman–Crippen LogP) is 6.10. The quantitative estimate of drug-likeness (QED) is 0.320. The van der Waals surface area contributed by atoms with Gasteiger partial charge in [-0.15, -0.1) is 0 Å². The molecule has 0 fully saturated rings. The first-order chi connectivity index (χ1) is 14.7. The predicted molar refractivity (Wildman–Crippen MR) is 121 cm³/mol. The lowest BCUT2D eigenvalue weighted by atomic mass is 10.0. The molecular weight excluding hydrogens is 374 g/mol. The molecule has 0 radical (unpaired) electrons. The van der Waals surface area contributed by atoms with Crippen molar-refractivity contribution in [3.63, 3.8) is 0 Å². The van der Waals surface area contributed by atoms with E-state index in [9.17, 15) is 4.79 Å². The van der Waals surface area contributed by atoms with Crippen LogP contribution in [0.3, 0.4) is 0 Å². The minimum absolute atomic E-state index is 0.251. The van der Waals surface area contributed by atoms with E-state index < -0.39 is 6.16 Å². The largest absolute Gasteiger partial charge is 0.514 e. The van der Waals surface area contributed by atoms with Gasteiger partial charge in [0.1, 0.15) is 11.9 Å². The Labute approximate surface area is 179 Å². The highest BCUT2D eigenvalue weighted by Gasteiger charge is 2.19. The highest BCUT2D eigenvalue weighted by Crippen LogP contribution is 2.22. The fourth-order valence-electron chi connectivity index (χ4n) is 3.37. The van der Waals surface area contributed by atoms with Gasteiger partial charge < -0.3 is 14.4 Å². The van der Waals surface area contributed by atoms with Gasteiger partial charge in [0, 0.05) is 18.7 Å². The van der Waals surface area contributed by atoms with Crippen LogP contribution in [0.2, 0.25) is 0 Å². The third kappa shape index (κ3) is 6.11. The first-order valence-electron chi connectivity index (χ1n) is 10.5. The van der Waals surface area contributed by atoms with Gasteiger partial charge in [-0.3, -0.25) is 0 Å². The Hall–Kier alpha value is -3.27. The molecule has 3 aromatic rings. The van der Waals surface area contributed by atoms with Crippen LogP contribution in [0.15, 0.2) is 84.9 Å². The van der Waals surface area contributed by atoms with Crippen molar-refractivity contribution in [3.8, 4) is 5.75 Å². The average Bonchev–Trinajstić information content (AvgIpc) is 2.79. The Morgan fingerprint density at radius 3 is 2.17 bits per heavy atom. The maximum atomic E-state index is 12.5. The lowest BCUT2D eigenvalue weighted by molar-refractivity contribution is 0.0591. The first kappa shape index (κ1) is 21.4. The van der Waals surface area contributed by atoms with Gasteiger partial charge in [-0.05, 0) is 42.7 Å². The third-order valence-electron chi connectivity index (χ3n) is 5.05. The van der Waals surface area contributed by atoms with E-state index in [4.69, 9.17) is 9.47 Å². The standard InChI is InChI=1S/C26H29NO3/c1-3-24(20-27(4-2)23-16-9-6-10-17-23)29-26(28)30-25-18-12-11-15-22(25)19-21-13-7-5-8-14-21/h5-18,24H,3-4,19-20H2,1-2H3. The highest BCUT2D eigenvalue weighted by molar-refractivity contribution is 5.65. The number of ether oxygens (including phenoxy) is 2. The number of para-hydroxylation sites is 2. The number of carbonyl (C=O) groups excluding carboxylic acids is 1. The minimum atomic E-state index is -0.661. The summed E-state index contributed by atoms with van der Waals surface area (Å²) in [5.74, 6) is 0.539. The Balaban J connectivity index is 1.63. The highest BCUT2D eigenvalue weighted by atomic mass is 16.7. The van der Waals surface area contributed by atoms with E-state index in [2.05, 4.69) is 36.1 Å². The van der Waals surface area contributed by atoms with Crippen molar-refractivity contribution in [3.05, 3.63) is 96.1 Å². The average molecular weight is 404 g/mol. The van der Waals surface area contributed by atoms with Crippen LogP contribution in [0.5, 0.6) is 5.75 Å². The van der Waals surface area contributed by atoms with Gasteiger partial charge in [0.2, 0.25) is 0 Å². The summed E-state index contributed by atoms with van der Waals surface area (Å²) in [5, 5.41) is 0. The topological polar surface area (TPSA) is 38.8 Å². The van der Waals surface area contributed by atoms with Crippen molar-refractivity contribution < 1.29 is 14.3 Å². The van der Waals surface area contributed by atoms with Crippen molar-refractivity contribution in [1.29, 1.82) is 0 Å². The molecule has 0 aliphatic heterocycles. The van der Waals surface area contributed by atoms with Crippen LogP contribution in [-0.2, 0) is 11.2 Å². The first-order valence-corrected chi connectivity index (χ1v) is 10.5. The molecule has 0 saturated heterocycles. The van der Waals surface area contributed by atoms with Gasteiger partial charge in [0.15, 0.2) is 0 Å². The third-order valence-corrected chi connectivity index (χ3v) is 5.05. The second-order valence-corrected chi connectivity index (χ2v) is 7.14. The van der Waals surface area contributed by atoms with E-state index >= 15 is 0 Å². The smallest absolute Gasteiger partial charge is 0.429 e. The molecule has 30 heavy (non-hydrogen) atoms. The summed E-state index contributed by atoms with van der Waals surface area (Å²) in [6.45, 7) is 5.56. The molecule has 3 aromatic carbocycles. The normalized spacial score (nSPS) is 11.5. The van der Waals surface area contributed by atoms with E-state index in [1.54, 1.807) is 0 Å². The van der Waals surface area contributed by atoms with Gasteiger partial charge in [-0.25, -0.2) is 4.79 Å². The van der Waals surface area contributed by atoms with E-state index in [1.807, 2.05) is 67.6 Å². The SMILES string of the molecule is CCC(CN(CC)c1ccccc1)OC(=O)Oc1ccccc1Cc1ccccc1.